The van der Waals surface area contributed by atoms with Gasteiger partial charge in [-0.2, -0.15) is 0 Å². The van der Waals surface area contributed by atoms with Crippen molar-refractivity contribution in [3.8, 4) is 0 Å². The SMILES string of the molecule is CCNC(=NCCOCC)NCCC(=O)Nc1ccc(C)cc1Cl.I. The van der Waals surface area contributed by atoms with Gasteiger partial charge in [0.25, 0.3) is 0 Å². The molecule has 0 aliphatic carbocycles. The number of nitrogens with one attached hydrogen (secondary N) is 3. The van der Waals surface area contributed by atoms with Gasteiger partial charge in [0.2, 0.25) is 5.91 Å². The topological polar surface area (TPSA) is 74.8 Å². The summed E-state index contributed by atoms with van der Waals surface area (Å²) in [6.07, 6.45) is 0.320. The van der Waals surface area contributed by atoms with Gasteiger partial charge in [-0.25, -0.2) is 0 Å². The van der Waals surface area contributed by atoms with Crippen LogP contribution in [0, 0.1) is 6.92 Å². The third-order valence-corrected chi connectivity index (χ3v) is 3.41. The molecule has 0 bridgehead atoms. The Labute approximate surface area is 172 Å². The van der Waals surface area contributed by atoms with Gasteiger partial charge in [0.1, 0.15) is 0 Å². The zero-order chi connectivity index (χ0) is 17.8. The van der Waals surface area contributed by atoms with Crippen molar-refractivity contribution in [2.75, 3.05) is 38.2 Å². The van der Waals surface area contributed by atoms with Crippen LogP contribution in [0.2, 0.25) is 5.02 Å². The standard InChI is InChI=1S/C17H27ClN4O2.HI/c1-4-19-17(21-10-11-24-5-2)20-9-8-16(23)22-15-7-6-13(3)12-14(15)18;/h6-7,12H,4-5,8-11H2,1-3H3,(H,22,23)(H2,19,20,21);1H. The van der Waals surface area contributed by atoms with Crippen LogP contribution in [0.5, 0.6) is 0 Å². The van der Waals surface area contributed by atoms with Crippen molar-refractivity contribution in [2.24, 2.45) is 4.99 Å². The van der Waals surface area contributed by atoms with Gasteiger partial charge in [0, 0.05) is 26.1 Å². The first-order chi connectivity index (χ1) is 11.6. The number of carbonyl (C=O) groups excluding carboxylic acids is 1. The highest BCUT2D eigenvalue weighted by molar-refractivity contribution is 14.0. The van der Waals surface area contributed by atoms with Gasteiger partial charge in [-0.15, -0.1) is 24.0 Å². The quantitative estimate of drug-likeness (QED) is 0.219. The Morgan fingerprint density at radius 1 is 1.28 bits per heavy atom. The predicted molar refractivity (Wildman–Crippen MR) is 115 cm³/mol. The fraction of sp³-hybridized carbons (Fsp3) is 0.529. The second-order valence-corrected chi connectivity index (χ2v) is 5.57. The van der Waals surface area contributed by atoms with E-state index in [-0.39, 0.29) is 29.9 Å². The summed E-state index contributed by atoms with van der Waals surface area (Å²) in [5.74, 6) is 0.580. The molecule has 25 heavy (non-hydrogen) atoms. The molecule has 1 aromatic carbocycles. The van der Waals surface area contributed by atoms with Crippen LogP contribution >= 0.6 is 35.6 Å². The van der Waals surface area contributed by atoms with Crippen molar-refractivity contribution in [3.05, 3.63) is 28.8 Å². The van der Waals surface area contributed by atoms with Crippen molar-refractivity contribution in [3.63, 3.8) is 0 Å². The van der Waals surface area contributed by atoms with Crippen molar-refractivity contribution >= 4 is 53.1 Å². The summed E-state index contributed by atoms with van der Waals surface area (Å²) in [5, 5.41) is 9.61. The average Bonchev–Trinajstić information content (AvgIpc) is 2.54. The number of carbonyl (C=O) groups is 1. The number of guanidine groups is 1. The van der Waals surface area contributed by atoms with Gasteiger partial charge >= 0.3 is 0 Å². The van der Waals surface area contributed by atoms with E-state index in [1.165, 1.54) is 0 Å². The van der Waals surface area contributed by atoms with Gasteiger partial charge in [-0.05, 0) is 38.5 Å². The van der Waals surface area contributed by atoms with E-state index in [9.17, 15) is 4.79 Å². The van der Waals surface area contributed by atoms with Gasteiger partial charge < -0.3 is 20.7 Å². The number of aliphatic imine (C=N–C) groups is 1. The molecule has 0 saturated carbocycles. The summed E-state index contributed by atoms with van der Waals surface area (Å²) >= 11 is 6.11. The molecule has 0 atom stereocenters. The van der Waals surface area contributed by atoms with Crippen LogP contribution in [0.1, 0.15) is 25.8 Å². The average molecular weight is 483 g/mol. The Bertz CT molecular complexity index is 555. The van der Waals surface area contributed by atoms with Crippen LogP contribution in [0.4, 0.5) is 5.69 Å². The number of amides is 1. The molecule has 142 valence electrons. The number of anilines is 1. The minimum absolute atomic E-state index is 0. The molecule has 0 aliphatic rings. The number of benzene rings is 1. The molecule has 1 aromatic rings. The summed E-state index contributed by atoms with van der Waals surface area (Å²) in [6.45, 7) is 8.98. The molecule has 0 saturated heterocycles. The van der Waals surface area contributed by atoms with E-state index in [4.69, 9.17) is 16.3 Å². The molecule has 0 spiro atoms. The second kappa shape index (κ2) is 14.1. The number of rotatable bonds is 9. The van der Waals surface area contributed by atoms with E-state index >= 15 is 0 Å². The predicted octanol–water partition coefficient (Wildman–Crippen LogP) is 3.19. The highest BCUT2D eigenvalue weighted by Crippen LogP contribution is 2.22. The third-order valence-electron chi connectivity index (χ3n) is 3.10. The van der Waals surface area contributed by atoms with Crippen LogP contribution in [0.3, 0.4) is 0 Å². The van der Waals surface area contributed by atoms with E-state index in [0.717, 1.165) is 12.1 Å². The maximum atomic E-state index is 12.0. The van der Waals surface area contributed by atoms with Gasteiger partial charge in [-0.1, -0.05) is 17.7 Å². The summed E-state index contributed by atoms with van der Waals surface area (Å²) in [5.41, 5.74) is 1.68. The molecule has 8 heteroatoms. The summed E-state index contributed by atoms with van der Waals surface area (Å²) in [7, 11) is 0. The first-order valence-corrected chi connectivity index (χ1v) is 8.60. The van der Waals surface area contributed by atoms with Crippen molar-refractivity contribution in [2.45, 2.75) is 27.2 Å². The lowest BCUT2D eigenvalue weighted by Gasteiger charge is -2.12. The molecule has 0 unspecified atom stereocenters. The van der Waals surface area contributed by atoms with Crippen LogP contribution in [0.15, 0.2) is 23.2 Å². The van der Waals surface area contributed by atoms with E-state index in [1.54, 1.807) is 0 Å². The number of aryl methyl sites for hydroxylation is 1. The Kier molecular flexibility index (Phi) is 13.5. The fourth-order valence-corrected chi connectivity index (χ4v) is 2.22. The van der Waals surface area contributed by atoms with E-state index in [2.05, 4.69) is 20.9 Å². The van der Waals surface area contributed by atoms with Gasteiger partial charge in [-0.3, -0.25) is 9.79 Å². The first-order valence-electron chi connectivity index (χ1n) is 8.22. The summed E-state index contributed by atoms with van der Waals surface area (Å²) < 4.78 is 5.25. The van der Waals surface area contributed by atoms with Crippen LogP contribution in [-0.2, 0) is 9.53 Å². The monoisotopic (exact) mass is 482 g/mol. The first kappa shape index (κ1) is 23.9. The number of hydrogen-bond donors (Lipinski definition) is 3. The molecule has 0 aliphatic heterocycles. The maximum absolute atomic E-state index is 12.0. The minimum atomic E-state index is -0.0987. The molecule has 0 fully saturated rings. The molecular formula is C17H28ClIN4O2. The summed E-state index contributed by atoms with van der Waals surface area (Å²) in [4.78, 5) is 16.4. The van der Waals surface area contributed by atoms with E-state index < -0.39 is 0 Å². The molecule has 0 aromatic heterocycles. The lowest BCUT2D eigenvalue weighted by Crippen LogP contribution is -2.39. The number of nitrogens with zero attached hydrogens (tertiary/aromatic N) is 1. The van der Waals surface area contributed by atoms with Crippen molar-refractivity contribution in [1.82, 2.24) is 10.6 Å². The molecule has 1 rings (SSSR count). The largest absolute Gasteiger partial charge is 0.380 e. The van der Waals surface area contributed by atoms with Gasteiger partial charge in [0.15, 0.2) is 5.96 Å². The zero-order valence-electron chi connectivity index (χ0n) is 15.0. The molecule has 3 N–H and O–H groups in total. The fourth-order valence-electron chi connectivity index (χ4n) is 1.94. The molecule has 1 amide bonds. The van der Waals surface area contributed by atoms with E-state index in [0.29, 0.717) is 49.4 Å². The number of hydrogen-bond acceptors (Lipinski definition) is 3. The maximum Gasteiger partial charge on any atom is 0.226 e. The number of ether oxygens (including phenoxy) is 1. The van der Waals surface area contributed by atoms with Crippen molar-refractivity contribution in [1.29, 1.82) is 0 Å². The molecule has 0 heterocycles. The van der Waals surface area contributed by atoms with Gasteiger partial charge in [0.05, 0.1) is 23.9 Å². The van der Waals surface area contributed by atoms with E-state index in [1.807, 2.05) is 39.0 Å². The Hall–Kier alpha value is -1.06. The normalized spacial score (nSPS) is 10.8. The van der Waals surface area contributed by atoms with Crippen LogP contribution in [0.25, 0.3) is 0 Å². The highest BCUT2D eigenvalue weighted by Gasteiger charge is 2.06. The molecular weight excluding hydrogens is 455 g/mol. The lowest BCUT2D eigenvalue weighted by molar-refractivity contribution is -0.116. The molecule has 0 radical (unpaired) electrons. The zero-order valence-corrected chi connectivity index (χ0v) is 18.1. The lowest BCUT2D eigenvalue weighted by atomic mass is 10.2. The molecule has 6 nitrogen and oxygen atoms in total. The second-order valence-electron chi connectivity index (χ2n) is 5.17. The number of halogens is 2. The van der Waals surface area contributed by atoms with Crippen LogP contribution < -0.4 is 16.0 Å². The Morgan fingerprint density at radius 3 is 2.68 bits per heavy atom. The third kappa shape index (κ3) is 10.5. The summed E-state index contributed by atoms with van der Waals surface area (Å²) in [6, 6.07) is 5.54. The van der Waals surface area contributed by atoms with Crippen molar-refractivity contribution < 1.29 is 9.53 Å². The Morgan fingerprint density at radius 2 is 2.04 bits per heavy atom. The highest BCUT2D eigenvalue weighted by atomic mass is 127. The van der Waals surface area contributed by atoms with Crippen LogP contribution in [-0.4, -0.2) is 44.7 Å². The smallest absolute Gasteiger partial charge is 0.226 e. The minimum Gasteiger partial charge on any atom is -0.380 e. The Balaban J connectivity index is 0.00000576.